The lowest BCUT2D eigenvalue weighted by molar-refractivity contribution is -0.129. The lowest BCUT2D eigenvalue weighted by Crippen LogP contribution is -2.34. The average molecular weight is 300 g/mol. The molecule has 1 saturated heterocycles. The molecule has 0 spiro atoms. The zero-order chi connectivity index (χ0) is 14.6. The number of rotatable bonds is 3. The molecule has 4 rings (SSSR count). The Bertz CT molecular complexity index is 735. The van der Waals surface area contributed by atoms with Crippen LogP contribution in [0.25, 0.3) is 10.1 Å². The molecule has 2 fully saturated rings. The summed E-state index contributed by atoms with van der Waals surface area (Å²) in [5.41, 5.74) is 1.05. The first-order valence-electron chi connectivity index (χ1n) is 7.26. The maximum Gasteiger partial charge on any atom is 0.325 e. The highest BCUT2D eigenvalue weighted by molar-refractivity contribution is 7.17. The van der Waals surface area contributed by atoms with E-state index in [0.717, 1.165) is 23.8 Å². The summed E-state index contributed by atoms with van der Waals surface area (Å²) in [5, 5.41) is 6.03. The van der Waals surface area contributed by atoms with Crippen molar-refractivity contribution in [3.8, 4) is 0 Å². The van der Waals surface area contributed by atoms with Gasteiger partial charge in [-0.3, -0.25) is 9.69 Å². The van der Waals surface area contributed by atoms with E-state index in [1.807, 2.05) is 19.1 Å². The fraction of sp³-hybridized carbons (Fsp3) is 0.375. The molecular weight excluding hydrogens is 284 g/mol. The van der Waals surface area contributed by atoms with Gasteiger partial charge in [0, 0.05) is 4.70 Å². The Kier molecular flexibility index (Phi) is 2.79. The van der Waals surface area contributed by atoms with Gasteiger partial charge in [0.15, 0.2) is 0 Å². The van der Waals surface area contributed by atoms with Gasteiger partial charge in [-0.15, -0.1) is 11.3 Å². The van der Waals surface area contributed by atoms with Crippen LogP contribution in [0, 0.1) is 5.92 Å². The molecule has 108 valence electrons. The number of hydrogen-bond acceptors (Lipinski definition) is 3. The van der Waals surface area contributed by atoms with Gasteiger partial charge in [-0.25, -0.2) is 4.79 Å². The van der Waals surface area contributed by atoms with Crippen LogP contribution in [0.2, 0.25) is 0 Å². The molecule has 2 heterocycles. The summed E-state index contributed by atoms with van der Waals surface area (Å²) in [5.74, 6) is 0.281. The van der Waals surface area contributed by atoms with E-state index in [-0.39, 0.29) is 24.0 Å². The van der Waals surface area contributed by atoms with Gasteiger partial charge in [-0.2, -0.15) is 0 Å². The molecule has 2 aromatic rings. The van der Waals surface area contributed by atoms with Crippen molar-refractivity contribution in [2.24, 2.45) is 5.92 Å². The van der Waals surface area contributed by atoms with Crippen LogP contribution in [0.4, 0.5) is 4.79 Å². The largest absolute Gasteiger partial charge is 0.325 e. The molecule has 4 nitrogen and oxygen atoms in total. The van der Waals surface area contributed by atoms with E-state index < -0.39 is 0 Å². The minimum Gasteiger partial charge on any atom is -0.325 e. The second-order valence-electron chi connectivity index (χ2n) is 5.84. The third kappa shape index (κ3) is 1.95. The topological polar surface area (TPSA) is 49.4 Å². The standard InChI is InChI=1S/C16H16N2O2S/c1-9(12-8-21-13-5-3-2-4-11(12)13)18-15(19)14(10-6-7-10)17-16(18)20/h2-5,8-10,14H,6-7H2,1H3,(H,17,20)/t9-,14+/m0/s1. The molecule has 1 aliphatic heterocycles. The lowest BCUT2D eigenvalue weighted by atomic mass is 10.1. The van der Waals surface area contributed by atoms with Gasteiger partial charge in [-0.05, 0) is 48.1 Å². The summed E-state index contributed by atoms with van der Waals surface area (Å²) in [4.78, 5) is 26.1. The molecule has 1 aromatic heterocycles. The molecule has 1 aromatic carbocycles. The number of urea groups is 1. The molecule has 1 N–H and O–H groups in total. The minimum atomic E-state index is -0.301. The van der Waals surface area contributed by atoms with Crippen molar-refractivity contribution in [3.63, 3.8) is 0 Å². The third-order valence-electron chi connectivity index (χ3n) is 4.44. The van der Waals surface area contributed by atoms with Crippen LogP contribution in [-0.2, 0) is 4.79 Å². The monoisotopic (exact) mass is 300 g/mol. The van der Waals surface area contributed by atoms with E-state index in [1.54, 1.807) is 11.3 Å². The van der Waals surface area contributed by atoms with Crippen LogP contribution >= 0.6 is 11.3 Å². The molecule has 5 heteroatoms. The third-order valence-corrected chi connectivity index (χ3v) is 5.42. The second-order valence-corrected chi connectivity index (χ2v) is 6.75. The van der Waals surface area contributed by atoms with E-state index >= 15 is 0 Å². The summed E-state index contributed by atoms with van der Waals surface area (Å²) < 4.78 is 1.19. The number of benzene rings is 1. The Morgan fingerprint density at radius 1 is 1.29 bits per heavy atom. The Labute approximate surface area is 126 Å². The van der Waals surface area contributed by atoms with Gasteiger partial charge in [0.25, 0.3) is 5.91 Å². The molecule has 1 aliphatic carbocycles. The van der Waals surface area contributed by atoms with Crippen molar-refractivity contribution in [1.29, 1.82) is 0 Å². The van der Waals surface area contributed by atoms with Gasteiger partial charge in [0.2, 0.25) is 0 Å². The predicted octanol–water partition coefficient (Wildman–Crippen LogP) is 3.29. The number of imide groups is 1. The maximum absolute atomic E-state index is 12.5. The summed E-state index contributed by atoms with van der Waals surface area (Å²) >= 11 is 1.65. The van der Waals surface area contributed by atoms with Crippen molar-refractivity contribution < 1.29 is 9.59 Å². The van der Waals surface area contributed by atoms with Gasteiger partial charge in [0.05, 0.1) is 6.04 Å². The number of hydrogen-bond donors (Lipinski definition) is 1. The molecule has 0 unspecified atom stereocenters. The Morgan fingerprint density at radius 2 is 2.05 bits per heavy atom. The molecule has 1 saturated carbocycles. The minimum absolute atomic E-state index is 0.0646. The first-order valence-corrected chi connectivity index (χ1v) is 8.14. The van der Waals surface area contributed by atoms with E-state index in [9.17, 15) is 9.59 Å². The Balaban J connectivity index is 1.69. The summed E-state index contributed by atoms with van der Waals surface area (Å²) in [6.45, 7) is 1.93. The second kappa shape index (κ2) is 4.56. The van der Waals surface area contributed by atoms with Gasteiger partial charge in [-0.1, -0.05) is 18.2 Å². The van der Waals surface area contributed by atoms with E-state index in [4.69, 9.17) is 0 Å². The summed E-state index contributed by atoms with van der Waals surface area (Å²) in [6.07, 6.45) is 2.08. The number of thiophene rings is 1. The highest BCUT2D eigenvalue weighted by atomic mass is 32.1. The van der Waals surface area contributed by atoms with Crippen molar-refractivity contribution >= 4 is 33.4 Å². The first kappa shape index (κ1) is 12.8. The molecule has 21 heavy (non-hydrogen) atoms. The van der Waals surface area contributed by atoms with Crippen molar-refractivity contribution in [1.82, 2.24) is 10.2 Å². The van der Waals surface area contributed by atoms with Crippen molar-refractivity contribution in [2.75, 3.05) is 0 Å². The molecule has 3 amide bonds. The normalized spacial score (nSPS) is 23.7. The molecule has 2 atom stereocenters. The quantitative estimate of drug-likeness (QED) is 0.884. The smallest absolute Gasteiger partial charge is 0.325 e. The maximum atomic E-state index is 12.5. The number of amides is 3. The van der Waals surface area contributed by atoms with E-state index in [1.165, 1.54) is 9.60 Å². The fourth-order valence-corrected chi connectivity index (χ4v) is 4.14. The molecule has 0 bridgehead atoms. The van der Waals surface area contributed by atoms with Crippen molar-refractivity contribution in [2.45, 2.75) is 31.8 Å². The predicted molar refractivity (Wildman–Crippen MR) is 82.1 cm³/mol. The fourth-order valence-electron chi connectivity index (χ4n) is 3.09. The van der Waals surface area contributed by atoms with Crippen LogP contribution in [-0.4, -0.2) is 22.9 Å². The van der Waals surface area contributed by atoms with Crippen LogP contribution in [0.1, 0.15) is 31.4 Å². The SMILES string of the molecule is C[C@@H](c1csc2ccccc12)N1C(=O)N[C@H](C2CC2)C1=O. The summed E-state index contributed by atoms with van der Waals surface area (Å²) in [6, 6.07) is 7.33. The van der Waals surface area contributed by atoms with Gasteiger partial charge < -0.3 is 5.32 Å². The Morgan fingerprint density at radius 3 is 2.81 bits per heavy atom. The highest BCUT2D eigenvalue weighted by Crippen LogP contribution is 2.39. The molecular formula is C16H16N2O2S. The zero-order valence-electron chi connectivity index (χ0n) is 11.7. The van der Waals surface area contributed by atoms with Crippen molar-refractivity contribution in [3.05, 3.63) is 35.2 Å². The number of nitrogens with zero attached hydrogens (tertiary/aromatic N) is 1. The van der Waals surface area contributed by atoms with Gasteiger partial charge in [0.1, 0.15) is 6.04 Å². The number of carbonyl (C=O) groups is 2. The van der Waals surface area contributed by atoms with E-state index in [2.05, 4.69) is 22.8 Å². The first-order chi connectivity index (χ1) is 10.2. The molecule has 0 radical (unpaired) electrons. The van der Waals surface area contributed by atoms with Crippen LogP contribution in [0.3, 0.4) is 0 Å². The van der Waals surface area contributed by atoms with Crippen LogP contribution in [0.5, 0.6) is 0 Å². The zero-order valence-corrected chi connectivity index (χ0v) is 12.5. The van der Waals surface area contributed by atoms with Crippen LogP contribution < -0.4 is 5.32 Å². The highest BCUT2D eigenvalue weighted by Gasteiger charge is 2.48. The molecule has 2 aliphatic rings. The Hall–Kier alpha value is -1.88. The lowest BCUT2D eigenvalue weighted by Gasteiger charge is -2.21. The number of fused-ring (bicyclic) bond motifs is 1. The van der Waals surface area contributed by atoms with Crippen LogP contribution in [0.15, 0.2) is 29.6 Å². The van der Waals surface area contributed by atoms with E-state index in [0.29, 0.717) is 5.92 Å². The summed E-state index contributed by atoms with van der Waals surface area (Å²) in [7, 11) is 0. The van der Waals surface area contributed by atoms with Gasteiger partial charge >= 0.3 is 6.03 Å². The number of nitrogens with one attached hydrogen (secondary N) is 1. The average Bonchev–Trinajstić information content (AvgIpc) is 3.15. The number of carbonyl (C=O) groups excluding carboxylic acids is 2.